The molecule has 6 nitrogen and oxygen atoms in total. The largest absolute Gasteiger partial charge is 0.355 e. The smallest absolute Gasteiger partial charge is 0.220 e. The van der Waals surface area contributed by atoms with E-state index >= 15 is 0 Å². The molecule has 1 heterocycles. The van der Waals surface area contributed by atoms with E-state index in [9.17, 15) is 13.2 Å². The summed E-state index contributed by atoms with van der Waals surface area (Å²) < 4.78 is 23.9. The van der Waals surface area contributed by atoms with Crippen molar-refractivity contribution < 1.29 is 13.2 Å². The van der Waals surface area contributed by atoms with E-state index in [1.807, 2.05) is 0 Å². The Morgan fingerprint density at radius 2 is 2.06 bits per heavy atom. The molecule has 1 amide bonds. The molecule has 2 N–H and O–H groups in total. The van der Waals surface area contributed by atoms with Crippen LogP contribution in [0.25, 0.3) is 0 Å². The Labute approximate surface area is 96.4 Å². The predicted molar refractivity (Wildman–Crippen MR) is 61.5 cm³/mol. The average Bonchev–Trinajstić information content (AvgIpc) is 2.11. The number of nitrogens with zero attached hydrogens (tertiary/aromatic N) is 1. The number of hydrogen-bond acceptors (Lipinski definition) is 4. The lowest BCUT2D eigenvalue weighted by Gasteiger charge is -2.26. The number of nitrogens with one attached hydrogen (secondary N) is 2. The summed E-state index contributed by atoms with van der Waals surface area (Å²) in [6.07, 6.45) is 0.481. The molecule has 0 spiro atoms. The predicted octanol–water partition coefficient (Wildman–Crippen LogP) is -1.40. The summed E-state index contributed by atoms with van der Waals surface area (Å²) in [6, 6.07) is 0. The van der Waals surface area contributed by atoms with Crippen molar-refractivity contribution in [2.45, 2.75) is 6.42 Å². The maximum Gasteiger partial charge on any atom is 0.220 e. The topological polar surface area (TPSA) is 78.5 Å². The van der Waals surface area contributed by atoms with Crippen molar-refractivity contribution in [1.82, 2.24) is 14.9 Å². The highest BCUT2D eigenvalue weighted by Crippen LogP contribution is 2.07. The Balaban J connectivity index is 2.17. The van der Waals surface area contributed by atoms with Gasteiger partial charge < -0.3 is 10.6 Å². The summed E-state index contributed by atoms with van der Waals surface area (Å²) in [4.78, 5) is 11.4. The van der Waals surface area contributed by atoms with Gasteiger partial charge in [0.1, 0.15) is 0 Å². The van der Waals surface area contributed by atoms with Gasteiger partial charge in [-0.25, -0.2) is 12.7 Å². The first kappa shape index (κ1) is 13.4. The highest BCUT2D eigenvalue weighted by molar-refractivity contribution is 7.89. The minimum absolute atomic E-state index is 0.0470. The lowest BCUT2D eigenvalue weighted by Crippen LogP contribution is -2.45. The van der Waals surface area contributed by atoms with E-state index in [1.54, 1.807) is 0 Å². The van der Waals surface area contributed by atoms with Gasteiger partial charge >= 0.3 is 0 Å². The zero-order valence-corrected chi connectivity index (χ0v) is 10.5. The number of carbonyl (C=O) groups excluding carboxylic acids is 1. The molecule has 1 rings (SSSR count). The van der Waals surface area contributed by atoms with Crippen LogP contribution in [-0.4, -0.2) is 58.1 Å². The molecule has 94 valence electrons. The van der Waals surface area contributed by atoms with Crippen molar-refractivity contribution in [3.63, 3.8) is 0 Å². The van der Waals surface area contributed by atoms with Gasteiger partial charge in [-0.15, -0.1) is 0 Å². The number of rotatable bonds is 6. The van der Waals surface area contributed by atoms with Gasteiger partial charge in [0.25, 0.3) is 0 Å². The zero-order chi connectivity index (χ0) is 12.2. The van der Waals surface area contributed by atoms with Crippen molar-refractivity contribution in [2.24, 2.45) is 5.92 Å². The van der Waals surface area contributed by atoms with Crippen molar-refractivity contribution in [2.75, 3.05) is 39.5 Å². The molecule has 0 bridgehead atoms. The molecule has 1 fully saturated rings. The standard InChI is InChI=1S/C9H19N3O3S/c1-12(2)16(14,15)4-3-11-9(13)5-8-6-10-7-8/h8,10H,3-7H2,1-2H3,(H,11,13). The molecule has 16 heavy (non-hydrogen) atoms. The number of amides is 1. The fourth-order valence-electron chi connectivity index (χ4n) is 1.33. The lowest BCUT2D eigenvalue weighted by molar-refractivity contribution is -0.122. The SMILES string of the molecule is CN(C)S(=O)(=O)CCNC(=O)CC1CNC1. The van der Waals surface area contributed by atoms with E-state index in [-0.39, 0.29) is 18.2 Å². The van der Waals surface area contributed by atoms with Crippen molar-refractivity contribution >= 4 is 15.9 Å². The summed E-state index contributed by atoms with van der Waals surface area (Å²) in [5.74, 6) is 0.292. The highest BCUT2D eigenvalue weighted by Gasteiger charge is 2.20. The molecule has 0 aromatic heterocycles. The van der Waals surface area contributed by atoms with Gasteiger partial charge in [0.15, 0.2) is 0 Å². The van der Waals surface area contributed by atoms with E-state index in [2.05, 4.69) is 10.6 Å². The Bertz CT molecular complexity index is 336. The molecule has 0 saturated carbocycles. The maximum atomic E-state index is 11.4. The van der Waals surface area contributed by atoms with Gasteiger partial charge in [0, 0.05) is 27.1 Å². The van der Waals surface area contributed by atoms with Crippen molar-refractivity contribution in [1.29, 1.82) is 0 Å². The minimum atomic E-state index is -3.21. The van der Waals surface area contributed by atoms with Gasteiger partial charge in [-0.1, -0.05) is 0 Å². The van der Waals surface area contributed by atoms with Crippen LogP contribution in [0.5, 0.6) is 0 Å². The van der Waals surface area contributed by atoms with E-state index in [0.717, 1.165) is 17.4 Å². The van der Waals surface area contributed by atoms with Crippen LogP contribution in [0.2, 0.25) is 0 Å². The maximum absolute atomic E-state index is 11.4. The van der Waals surface area contributed by atoms with Crippen LogP contribution in [0, 0.1) is 5.92 Å². The van der Waals surface area contributed by atoms with Crippen LogP contribution in [0.1, 0.15) is 6.42 Å². The van der Waals surface area contributed by atoms with Crippen molar-refractivity contribution in [3.05, 3.63) is 0 Å². The second-order valence-electron chi connectivity index (χ2n) is 4.18. The monoisotopic (exact) mass is 249 g/mol. The first-order valence-corrected chi connectivity index (χ1v) is 6.90. The van der Waals surface area contributed by atoms with Gasteiger partial charge in [0.05, 0.1) is 5.75 Å². The Kier molecular flexibility index (Phi) is 4.69. The second-order valence-corrected chi connectivity index (χ2v) is 6.48. The van der Waals surface area contributed by atoms with Crippen LogP contribution < -0.4 is 10.6 Å². The number of hydrogen-bond donors (Lipinski definition) is 2. The third-order valence-electron chi connectivity index (χ3n) is 2.58. The molecular weight excluding hydrogens is 230 g/mol. The summed E-state index contributed by atoms with van der Waals surface area (Å²) in [5.41, 5.74) is 0. The quantitative estimate of drug-likeness (QED) is 0.607. The van der Waals surface area contributed by atoms with Crippen LogP contribution in [0.3, 0.4) is 0 Å². The van der Waals surface area contributed by atoms with E-state index in [1.165, 1.54) is 14.1 Å². The molecule has 7 heteroatoms. The van der Waals surface area contributed by atoms with E-state index in [4.69, 9.17) is 0 Å². The summed E-state index contributed by atoms with van der Waals surface area (Å²) in [7, 11) is -0.241. The van der Waals surface area contributed by atoms with Crippen LogP contribution in [0.15, 0.2) is 0 Å². The lowest BCUT2D eigenvalue weighted by atomic mass is 9.99. The summed E-state index contributed by atoms with van der Waals surface area (Å²) in [6.45, 7) is 1.94. The normalized spacial score (nSPS) is 17.2. The molecular formula is C9H19N3O3S. The van der Waals surface area contributed by atoms with Crippen molar-refractivity contribution in [3.8, 4) is 0 Å². The highest BCUT2D eigenvalue weighted by atomic mass is 32.2. The Morgan fingerprint density at radius 1 is 1.44 bits per heavy atom. The summed E-state index contributed by atoms with van der Waals surface area (Å²) >= 11 is 0. The molecule has 0 aliphatic carbocycles. The third kappa shape index (κ3) is 4.07. The summed E-state index contributed by atoms with van der Waals surface area (Å²) in [5, 5.41) is 5.70. The molecule has 1 saturated heterocycles. The molecule has 0 atom stereocenters. The van der Waals surface area contributed by atoms with E-state index < -0.39 is 10.0 Å². The van der Waals surface area contributed by atoms with Gasteiger partial charge in [-0.05, 0) is 19.0 Å². The molecule has 1 aliphatic rings. The Morgan fingerprint density at radius 3 is 2.50 bits per heavy atom. The minimum Gasteiger partial charge on any atom is -0.355 e. The fraction of sp³-hybridized carbons (Fsp3) is 0.889. The molecule has 1 aliphatic heterocycles. The molecule has 0 radical (unpaired) electrons. The fourth-order valence-corrected chi connectivity index (χ4v) is 2.05. The zero-order valence-electron chi connectivity index (χ0n) is 9.69. The third-order valence-corrected chi connectivity index (χ3v) is 4.41. The number of sulfonamides is 1. The molecule has 0 aromatic carbocycles. The first-order valence-electron chi connectivity index (χ1n) is 5.29. The Hall–Kier alpha value is -0.660. The van der Waals surface area contributed by atoms with Crippen LogP contribution in [-0.2, 0) is 14.8 Å². The van der Waals surface area contributed by atoms with Gasteiger partial charge in [-0.3, -0.25) is 4.79 Å². The van der Waals surface area contributed by atoms with Crippen LogP contribution >= 0.6 is 0 Å². The van der Waals surface area contributed by atoms with Gasteiger partial charge in [0.2, 0.25) is 15.9 Å². The second kappa shape index (κ2) is 5.60. The van der Waals surface area contributed by atoms with E-state index in [0.29, 0.717) is 12.3 Å². The molecule has 0 aromatic rings. The first-order chi connectivity index (χ1) is 7.42. The van der Waals surface area contributed by atoms with Crippen LogP contribution in [0.4, 0.5) is 0 Å². The van der Waals surface area contributed by atoms with Gasteiger partial charge in [-0.2, -0.15) is 0 Å². The number of carbonyl (C=O) groups is 1. The average molecular weight is 249 g/mol. The molecule has 0 unspecified atom stereocenters.